The number of rotatable bonds is 2. The summed E-state index contributed by atoms with van der Waals surface area (Å²) in [6.45, 7) is 2.41. The van der Waals surface area contributed by atoms with E-state index in [2.05, 4.69) is 6.92 Å². The predicted molar refractivity (Wildman–Crippen MR) is 65.7 cm³/mol. The maximum atomic E-state index is 6.22. The van der Waals surface area contributed by atoms with Gasteiger partial charge in [-0.3, -0.25) is 0 Å². The fourth-order valence-electron chi connectivity index (χ4n) is 3.52. The second-order valence-electron chi connectivity index (χ2n) is 6.07. The van der Waals surface area contributed by atoms with Gasteiger partial charge in [0.05, 0.1) is 0 Å². The zero-order chi connectivity index (χ0) is 10.7. The van der Waals surface area contributed by atoms with E-state index in [4.69, 9.17) is 5.73 Å². The highest BCUT2D eigenvalue weighted by molar-refractivity contribution is 4.81. The molecule has 0 spiro atoms. The summed E-state index contributed by atoms with van der Waals surface area (Å²) < 4.78 is 0. The van der Waals surface area contributed by atoms with E-state index in [-0.39, 0.29) is 0 Å². The normalized spacial score (nSPS) is 42.8. The van der Waals surface area contributed by atoms with Crippen LogP contribution in [-0.2, 0) is 0 Å². The van der Waals surface area contributed by atoms with E-state index >= 15 is 0 Å². The second kappa shape index (κ2) is 5.34. The van der Waals surface area contributed by atoms with E-state index in [9.17, 15) is 0 Å². The number of nitrogens with two attached hydrogens (primary N) is 1. The fraction of sp³-hybridized carbons (Fsp3) is 1.00. The molecule has 2 rings (SSSR count). The first-order valence-electron chi connectivity index (χ1n) is 7.01. The molecule has 2 aliphatic rings. The summed E-state index contributed by atoms with van der Waals surface area (Å²) in [7, 11) is 0. The molecule has 0 heterocycles. The first-order valence-corrected chi connectivity index (χ1v) is 7.01. The lowest BCUT2D eigenvalue weighted by atomic mass is 9.74. The Kier molecular flexibility index (Phi) is 4.07. The predicted octanol–water partition coefficient (Wildman–Crippen LogP) is 3.72. The van der Waals surface area contributed by atoms with Crippen molar-refractivity contribution in [1.29, 1.82) is 0 Å². The maximum Gasteiger partial charge on any atom is 0.00672 e. The first-order chi connectivity index (χ1) is 7.25. The van der Waals surface area contributed by atoms with E-state index in [1.165, 1.54) is 57.8 Å². The molecule has 0 aromatic rings. The molecule has 0 saturated heterocycles. The van der Waals surface area contributed by atoms with Crippen molar-refractivity contribution in [3.05, 3.63) is 0 Å². The highest BCUT2D eigenvalue weighted by Gasteiger charge is 2.26. The van der Waals surface area contributed by atoms with Gasteiger partial charge in [-0.05, 0) is 37.0 Å². The topological polar surface area (TPSA) is 26.0 Å². The van der Waals surface area contributed by atoms with Crippen molar-refractivity contribution in [3.8, 4) is 0 Å². The summed E-state index contributed by atoms with van der Waals surface area (Å²) in [6.07, 6.45) is 12.8. The third-order valence-corrected chi connectivity index (χ3v) is 4.74. The Labute approximate surface area is 94.8 Å². The third kappa shape index (κ3) is 3.21. The van der Waals surface area contributed by atoms with Crippen molar-refractivity contribution in [2.45, 2.75) is 70.8 Å². The minimum absolute atomic E-state index is 0.526. The van der Waals surface area contributed by atoms with Crippen LogP contribution >= 0.6 is 0 Å². The van der Waals surface area contributed by atoms with Crippen LogP contribution in [0.5, 0.6) is 0 Å². The van der Waals surface area contributed by atoms with Gasteiger partial charge in [0.1, 0.15) is 0 Å². The SMILES string of the molecule is CC1CCC(CC2CCCCC2N)CC1. The third-order valence-electron chi connectivity index (χ3n) is 4.74. The summed E-state index contributed by atoms with van der Waals surface area (Å²) in [4.78, 5) is 0. The molecule has 0 aromatic heterocycles. The average Bonchev–Trinajstić information content (AvgIpc) is 2.25. The second-order valence-corrected chi connectivity index (χ2v) is 6.07. The molecule has 2 atom stereocenters. The fourth-order valence-corrected chi connectivity index (χ4v) is 3.52. The van der Waals surface area contributed by atoms with E-state index in [1.54, 1.807) is 0 Å². The van der Waals surface area contributed by atoms with Crippen LogP contribution in [0.15, 0.2) is 0 Å². The van der Waals surface area contributed by atoms with Gasteiger partial charge in [-0.15, -0.1) is 0 Å². The maximum absolute atomic E-state index is 6.22. The quantitative estimate of drug-likeness (QED) is 0.737. The average molecular weight is 209 g/mol. The van der Waals surface area contributed by atoms with Gasteiger partial charge in [0.15, 0.2) is 0 Å². The van der Waals surface area contributed by atoms with Gasteiger partial charge in [0.25, 0.3) is 0 Å². The smallest absolute Gasteiger partial charge is 0.00672 e. The van der Waals surface area contributed by atoms with Gasteiger partial charge >= 0.3 is 0 Å². The van der Waals surface area contributed by atoms with Crippen LogP contribution in [0.1, 0.15) is 64.7 Å². The molecule has 0 aliphatic heterocycles. The number of hydrogen-bond acceptors (Lipinski definition) is 1. The Balaban J connectivity index is 1.75. The molecule has 0 bridgehead atoms. The van der Waals surface area contributed by atoms with E-state index in [1.807, 2.05) is 0 Å². The molecule has 2 saturated carbocycles. The largest absolute Gasteiger partial charge is 0.327 e. The van der Waals surface area contributed by atoms with Crippen molar-refractivity contribution in [3.63, 3.8) is 0 Å². The van der Waals surface area contributed by atoms with Crippen molar-refractivity contribution in [1.82, 2.24) is 0 Å². The molecule has 1 heteroatoms. The van der Waals surface area contributed by atoms with E-state index in [0.717, 1.165) is 17.8 Å². The summed E-state index contributed by atoms with van der Waals surface area (Å²) in [6, 6.07) is 0.526. The van der Waals surface area contributed by atoms with Gasteiger partial charge in [0.2, 0.25) is 0 Å². The molecule has 2 N–H and O–H groups in total. The molecule has 2 unspecified atom stereocenters. The summed E-state index contributed by atoms with van der Waals surface area (Å²) >= 11 is 0. The van der Waals surface area contributed by atoms with Crippen molar-refractivity contribution in [2.75, 3.05) is 0 Å². The Bertz CT molecular complexity index is 182. The summed E-state index contributed by atoms with van der Waals surface area (Å²) in [5.74, 6) is 2.86. The van der Waals surface area contributed by atoms with Crippen LogP contribution in [0.3, 0.4) is 0 Å². The van der Waals surface area contributed by atoms with Crippen LogP contribution in [-0.4, -0.2) is 6.04 Å². The molecule has 0 radical (unpaired) electrons. The van der Waals surface area contributed by atoms with Gasteiger partial charge < -0.3 is 5.73 Å². The van der Waals surface area contributed by atoms with Crippen LogP contribution < -0.4 is 5.73 Å². The van der Waals surface area contributed by atoms with E-state index in [0.29, 0.717) is 6.04 Å². The standard InChI is InChI=1S/C14H27N/c1-11-6-8-12(9-7-11)10-13-4-2-3-5-14(13)15/h11-14H,2-10,15H2,1H3. The lowest BCUT2D eigenvalue weighted by molar-refractivity contribution is 0.201. The molecule has 0 aromatic carbocycles. The lowest BCUT2D eigenvalue weighted by Gasteiger charge is -2.34. The van der Waals surface area contributed by atoms with Gasteiger partial charge in [-0.1, -0.05) is 45.4 Å². The van der Waals surface area contributed by atoms with Crippen LogP contribution in [0.25, 0.3) is 0 Å². The molecule has 88 valence electrons. The summed E-state index contributed by atoms with van der Waals surface area (Å²) in [5.41, 5.74) is 6.22. The van der Waals surface area contributed by atoms with Gasteiger partial charge in [-0.2, -0.15) is 0 Å². The first kappa shape index (κ1) is 11.4. The molecule has 0 amide bonds. The van der Waals surface area contributed by atoms with E-state index < -0.39 is 0 Å². The zero-order valence-electron chi connectivity index (χ0n) is 10.3. The van der Waals surface area contributed by atoms with Crippen molar-refractivity contribution in [2.24, 2.45) is 23.5 Å². The minimum atomic E-state index is 0.526. The Morgan fingerprint density at radius 1 is 0.933 bits per heavy atom. The van der Waals surface area contributed by atoms with Crippen molar-refractivity contribution >= 4 is 0 Å². The molecule has 2 aliphatic carbocycles. The lowest BCUT2D eigenvalue weighted by Crippen LogP contribution is -2.34. The van der Waals surface area contributed by atoms with Crippen LogP contribution in [0.2, 0.25) is 0 Å². The Morgan fingerprint density at radius 2 is 1.60 bits per heavy atom. The Hall–Kier alpha value is -0.0400. The van der Waals surface area contributed by atoms with Gasteiger partial charge in [0, 0.05) is 6.04 Å². The summed E-state index contributed by atoms with van der Waals surface area (Å²) in [5, 5.41) is 0. The Morgan fingerprint density at radius 3 is 2.27 bits per heavy atom. The van der Waals surface area contributed by atoms with Gasteiger partial charge in [-0.25, -0.2) is 0 Å². The van der Waals surface area contributed by atoms with Crippen LogP contribution in [0, 0.1) is 17.8 Å². The van der Waals surface area contributed by atoms with Crippen molar-refractivity contribution < 1.29 is 0 Å². The number of hydrogen-bond donors (Lipinski definition) is 1. The highest BCUT2D eigenvalue weighted by atomic mass is 14.7. The molecule has 1 nitrogen and oxygen atoms in total. The zero-order valence-corrected chi connectivity index (χ0v) is 10.3. The molecular formula is C14H27N. The minimum Gasteiger partial charge on any atom is -0.327 e. The highest BCUT2D eigenvalue weighted by Crippen LogP contribution is 2.36. The molecular weight excluding hydrogens is 182 g/mol. The monoisotopic (exact) mass is 209 g/mol. The molecule has 15 heavy (non-hydrogen) atoms. The molecule has 2 fully saturated rings. The van der Waals surface area contributed by atoms with Crippen LogP contribution in [0.4, 0.5) is 0 Å².